The van der Waals surface area contributed by atoms with E-state index in [1.165, 1.54) is 45.1 Å². The van der Waals surface area contributed by atoms with E-state index >= 15 is 0 Å². The van der Waals surface area contributed by atoms with Crippen LogP contribution in [-0.4, -0.2) is 26.3 Å². The van der Waals surface area contributed by atoms with Gasteiger partial charge in [0, 0.05) is 19.8 Å². The van der Waals surface area contributed by atoms with Crippen molar-refractivity contribution in [3.8, 4) is 0 Å². The van der Waals surface area contributed by atoms with Gasteiger partial charge in [-0.05, 0) is 31.7 Å². The number of hydrogen-bond acceptors (Lipinski definition) is 2. The van der Waals surface area contributed by atoms with Gasteiger partial charge in [0.05, 0.1) is 0 Å². The van der Waals surface area contributed by atoms with Crippen LogP contribution < -0.4 is 5.32 Å². The highest BCUT2D eigenvalue weighted by atomic mass is 16.5. The molecule has 1 N–H and O–H groups in total. The minimum atomic E-state index is 0.801. The molecule has 0 aromatic rings. The predicted molar refractivity (Wildman–Crippen MR) is 60.5 cm³/mol. The summed E-state index contributed by atoms with van der Waals surface area (Å²) in [5.41, 5.74) is 0. The normalized spacial score (nSPS) is 20.1. The Kier molecular flexibility index (Phi) is 6.20. The van der Waals surface area contributed by atoms with E-state index in [0.29, 0.717) is 0 Å². The molecule has 0 heterocycles. The van der Waals surface area contributed by atoms with Gasteiger partial charge in [0.2, 0.25) is 0 Å². The molecule has 0 aliphatic heterocycles. The SMILES string of the molecule is CC[C@@H](CCOC)CNC1CCCC1. The van der Waals surface area contributed by atoms with Crippen LogP contribution in [0.15, 0.2) is 0 Å². The molecule has 0 amide bonds. The van der Waals surface area contributed by atoms with Crippen molar-refractivity contribution in [3.63, 3.8) is 0 Å². The molecule has 0 radical (unpaired) electrons. The van der Waals surface area contributed by atoms with Crippen LogP contribution in [0.25, 0.3) is 0 Å². The Morgan fingerprint density at radius 2 is 2.07 bits per heavy atom. The fourth-order valence-electron chi connectivity index (χ4n) is 2.20. The van der Waals surface area contributed by atoms with E-state index in [2.05, 4.69) is 12.2 Å². The summed E-state index contributed by atoms with van der Waals surface area (Å²) in [5, 5.41) is 3.69. The third kappa shape index (κ3) is 4.43. The molecule has 1 saturated carbocycles. The Morgan fingerprint density at radius 3 is 2.64 bits per heavy atom. The molecule has 0 unspecified atom stereocenters. The van der Waals surface area contributed by atoms with E-state index in [1.54, 1.807) is 7.11 Å². The highest BCUT2D eigenvalue weighted by molar-refractivity contribution is 4.74. The Bertz CT molecular complexity index is 132. The molecule has 14 heavy (non-hydrogen) atoms. The monoisotopic (exact) mass is 199 g/mol. The molecule has 1 aliphatic rings. The lowest BCUT2D eigenvalue weighted by atomic mass is 10.0. The Balaban J connectivity index is 2.06. The fourth-order valence-corrected chi connectivity index (χ4v) is 2.20. The summed E-state index contributed by atoms with van der Waals surface area (Å²) in [6, 6.07) is 0.812. The van der Waals surface area contributed by atoms with E-state index in [0.717, 1.165) is 18.6 Å². The number of methoxy groups -OCH3 is 1. The molecule has 1 fully saturated rings. The first-order valence-electron chi connectivity index (χ1n) is 6.09. The summed E-state index contributed by atoms with van der Waals surface area (Å²) in [6.45, 7) is 4.37. The van der Waals surface area contributed by atoms with E-state index < -0.39 is 0 Å². The summed E-state index contributed by atoms with van der Waals surface area (Å²) in [4.78, 5) is 0. The maximum absolute atomic E-state index is 5.12. The number of ether oxygens (including phenoxy) is 1. The van der Waals surface area contributed by atoms with Gasteiger partial charge in [0.25, 0.3) is 0 Å². The third-order valence-corrected chi connectivity index (χ3v) is 3.36. The second-order valence-electron chi connectivity index (χ2n) is 4.45. The topological polar surface area (TPSA) is 21.3 Å². The minimum Gasteiger partial charge on any atom is -0.385 e. The lowest BCUT2D eigenvalue weighted by Crippen LogP contribution is -2.31. The first-order chi connectivity index (χ1) is 6.86. The van der Waals surface area contributed by atoms with Crippen LogP contribution in [0.3, 0.4) is 0 Å². The standard InChI is InChI=1S/C12H25NO/c1-3-11(8-9-14-2)10-13-12-6-4-5-7-12/h11-13H,3-10H2,1-2H3/t11-/m0/s1. The van der Waals surface area contributed by atoms with Gasteiger partial charge in [-0.1, -0.05) is 26.2 Å². The van der Waals surface area contributed by atoms with E-state index in [1.807, 2.05) is 0 Å². The van der Waals surface area contributed by atoms with Crippen molar-refractivity contribution in [2.75, 3.05) is 20.3 Å². The highest BCUT2D eigenvalue weighted by Crippen LogP contribution is 2.18. The zero-order valence-corrected chi connectivity index (χ0v) is 9.72. The molecule has 2 heteroatoms. The van der Waals surface area contributed by atoms with Crippen LogP contribution in [0, 0.1) is 5.92 Å². The zero-order chi connectivity index (χ0) is 10.2. The van der Waals surface area contributed by atoms with Gasteiger partial charge in [-0.2, -0.15) is 0 Å². The fraction of sp³-hybridized carbons (Fsp3) is 1.00. The maximum atomic E-state index is 5.12. The first-order valence-corrected chi connectivity index (χ1v) is 6.09. The average molecular weight is 199 g/mol. The second kappa shape index (κ2) is 7.24. The Morgan fingerprint density at radius 1 is 1.36 bits per heavy atom. The Hall–Kier alpha value is -0.0800. The van der Waals surface area contributed by atoms with Crippen LogP contribution in [-0.2, 0) is 4.74 Å². The smallest absolute Gasteiger partial charge is 0.0465 e. The molecule has 1 atom stereocenters. The second-order valence-corrected chi connectivity index (χ2v) is 4.45. The lowest BCUT2D eigenvalue weighted by molar-refractivity contribution is 0.174. The zero-order valence-electron chi connectivity index (χ0n) is 9.72. The Labute approximate surface area is 88.4 Å². The van der Waals surface area contributed by atoms with Crippen LogP contribution in [0.4, 0.5) is 0 Å². The van der Waals surface area contributed by atoms with Gasteiger partial charge in [-0.25, -0.2) is 0 Å². The molecular weight excluding hydrogens is 174 g/mol. The van der Waals surface area contributed by atoms with Crippen molar-refractivity contribution in [2.45, 2.75) is 51.5 Å². The summed E-state index contributed by atoms with van der Waals surface area (Å²) in [7, 11) is 1.79. The van der Waals surface area contributed by atoms with Crippen molar-refractivity contribution in [2.24, 2.45) is 5.92 Å². The molecule has 0 aromatic carbocycles. The highest BCUT2D eigenvalue weighted by Gasteiger charge is 2.15. The molecule has 2 nitrogen and oxygen atoms in total. The van der Waals surface area contributed by atoms with Gasteiger partial charge < -0.3 is 10.1 Å². The van der Waals surface area contributed by atoms with Gasteiger partial charge in [-0.15, -0.1) is 0 Å². The molecular formula is C12H25NO. The van der Waals surface area contributed by atoms with Crippen molar-refractivity contribution in [3.05, 3.63) is 0 Å². The summed E-state index contributed by atoms with van der Waals surface area (Å²) < 4.78 is 5.12. The van der Waals surface area contributed by atoms with Crippen molar-refractivity contribution >= 4 is 0 Å². The van der Waals surface area contributed by atoms with Crippen LogP contribution in [0.1, 0.15) is 45.4 Å². The molecule has 1 rings (SSSR count). The van der Waals surface area contributed by atoms with Crippen LogP contribution >= 0.6 is 0 Å². The van der Waals surface area contributed by atoms with Gasteiger partial charge in [0.15, 0.2) is 0 Å². The van der Waals surface area contributed by atoms with Gasteiger partial charge in [-0.3, -0.25) is 0 Å². The summed E-state index contributed by atoms with van der Waals surface area (Å²) in [5.74, 6) is 0.801. The van der Waals surface area contributed by atoms with E-state index in [4.69, 9.17) is 4.74 Å². The van der Waals surface area contributed by atoms with E-state index in [-0.39, 0.29) is 0 Å². The lowest BCUT2D eigenvalue weighted by Gasteiger charge is -2.18. The van der Waals surface area contributed by atoms with E-state index in [9.17, 15) is 0 Å². The predicted octanol–water partition coefficient (Wildman–Crippen LogP) is 2.58. The molecule has 84 valence electrons. The molecule has 1 aliphatic carbocycles. The van der Waals surface area contributed by atoms with Gasteiger partial charge in [0.1, 0.15) is 0 Å². The quantitative estimate of drug-likeness (QED) is 0.680. The number of nitrogens with one attached hydrogen (secondary N) is 1. The number of hydrogen-bond donors (Lipinski definition) is 1. The molecule has 0 spiro atoms. The first kappa shape index (κ1) is 12.0. The van der Waals surface area contributed by atoms with Crippen molar-refractivity contribution in [1.82, 2.24) is 5.32 Å². The summed E-state index contributed by atoms with van der Waals surface area (Å²) in [6.07, 6.45) is 8.09. The van der Waals surface area contributed by atoms with Crippen LogP contribution in [0.5, 0.6) is 0 Å². The molecule has 0 saturated heterocycles. The summed E-state index contributed by atoms with van der Waals surface area (Å²) >= 11 is 0. The molecule has 0 aromatic heterocycles. The van der Waals surface area contributed by atoms with Crippen molar-refractivity contribution in [1.29, 1.82) is 0 Å². The molecule has 0 bridgehead atoms. The van der Waals surface area contributed by atoms with Crippen LogP contribution in [0.2, 0.25) is 0 Å². The van der Waals surface area contributed by atoms with Crippen molar-refractivity contribution < 1.29 is 4.74 Å². The average Bonchev–Trinajstić information content (AvgIpc) is 2.71. The largest absolute Gasteiger partial charge is 0.385 e. The third-order valence-electron chi connectivity index (χ3n) is 3.36. The number of rotatable bonds is 7. The maximum Gasteiger partial charge on any atom is 0.0465 e. The minimum absolute atomic E-state index is 0.801. The van der Waals surface area contributed by atoms with Gasteiger partial charge >= 0.3 is 0 Å².